The number of hydrogen-bond donors (Lipinski definition) is 1. The number of thiophene rings is 1. The second-order valence-corrected chi connectivity index (χ2v) is 8.88. The van der Waals surface area contributed by atoms with Crippen LogP contribution in [0.5, 0.6) is 0 Å². The highest BCUT2D eigenvalue weighted by atomic mass is 32.1. The Kier molecular flexibility index (Phi) is 6.29. The number of methoxy groups -OCH3 is 1. The van der Waals surface area contributed by atoms with Crippen LogP contribution in [0.1, 0.15) is 40.6 Å². The van der Waals surface area contributed by atoms with Gasteiger partial charge in [0.15, 0.2) is 0 Å². The molecule has 3 heterocycles. The van der Waals surface area contributed by atoms with E-state index in [1.54, 1.807) is 13.2 Å². The average molecular weight is 428 g/mol. The van der Waals surface area contributed by atoms with Crippen molar-refractivity contribution in [2.45, 2.75) is 32.9 Å². The van der Waals surface area contributed by atoms with Crippen molar-refractivity contribution in [3.8, 4) is 0 Å². The van der Waals surface area contributed by atoms with Crippen LogP contribution in [0.15, 0.2) is 36.5 Å². The summed E-state index contributed by atoms with van der Waals surface area (Å²) < 4.78 is 20.3. The van der Waals surface area contributed by atoms with Crippen LogP contribution in [0.4, 0.5) is 10.2 Å². The standard InChI is InChI=1S/C23H26FN3O2S/c1-15-8-10-27(11-9-15)20-7-6-16(12-25-20)13-26-23(28)22-17(14-29-2)21-18(24)4-3-5-19(21)30-22/h3-7,12,15H,8-11,13-14H2,1-2H3,(H,26,28). The van der Waals surface area contributed by atoms with Crippen molar-refractivity contribution in [2.24, 2.45) is 5.92 Å². The average Bonchev–Trinajstić information content (AvgIpc) is 3.13. The molecule has 0 saturated carbocycles. The van der Waals surface area contributed by atoms with Crippen LogP contribution in [0.25, 0.3) is 10.1 Å². The number of fused-ring (bicyclic) bond motifs is 1. The Bertz CT molecular complexity index is 1030. The Labute approximate surface area is 179 Å². The Balaban J connectivity index is 1.45. The zero-order valence-corrected chi connectivity index (χ0v) is 18.1. The molecule has 0 bridgehead atoms. The van der Waals surface area contributed by atoms with Crippen molar-refractivity contribution in [1.82, 2.24) is 10.3 Å². The number of piperidine rings is 1. The van der Waals surface area contributed by atoms with Crippen LogP contribution in [0.3, 0.4) is 0 Å². The second kappa shape index (κ2) is 9.10. The first-order valence-corrected chi connectivity index (χ1v) is 11.1. The lowest BCUT2D eigenvalue weighted by molar-refractivity contribution is 0.0950. The van der Waals surface area contributed by atoms with Crippen LogP contribution in [0.2, 0.25) is 0 Å². The fourth-order valence-electron chi connectivity index (χ4n) is 3.84. The maximum Gasteiger partial charge on any atom is 0.262 e. The molecule has 0 spiro atoms. The summed E-state index contributed by atoms with van der Waals surface area (Å²) in [4.78, 5) is 20.2. The number of aromatic nitrogens is 1. The number of ether oxygens (including phenoxy) is 1. The molecular weight excluding hydrogens is 401 g/mol. The van der Waals surface area contributed by atoms with Gasteiger partial charge in [0.05, 0.1) is 11.5 Å². The molecule has 1 amide bonds. The van der Waals surface area contributed by atoms with Gasteiger partial charge in [0.2, 0.25) is 0 Å². The molecule has 1 N–H and O–H groups in total. The van der Waals surface area contributed by atoms with Gasteiger partial charge in [0.1, 0.15) is 11.6 Å². The van der Waals surface area contributed by atoms with Gasteiger partial charge in [-0.15, -0.1) is 11.3 Å². The predicted octanol–water partition coefficient (Wildman–Crippen LogP) is 4.75. The lowest BCUT2D eigenvalue weighted by Crippen LogP contribution is -2.33. The molecule has 5 nitrogen and oxygen atoms in total. The third kappa shape index (κ3) is 4.32. The molecule has 30 heavy (non-hydrogen) atoms. The van der Waals surface area contributed by atoms with Gasteiger partial charge in [-0.05, 0) is 42.5 Å². The summed E-state index contributed by atoms with van der Waals surface area (Å²) in [5.74, 6) is 1.21. The first-order valence-electron chi connectivity index (χ1n) is 10.2. The van der Waals surface area contributed by atoms with E-state index in [-0.39, 0.29) is 18.3 Å². The number of hydrogen-bond acceptors (Lipinski definition) is 5. The van der Waals surface area contributed by atoms with E-state index in [0.29, 0.717) is 22.4 Å². The van der Waals surface area contributed by atoms with E-state index < -0.39 is 0 Å². The van der Waals surface area contributed by atoms with Gasteiger partial charge in [-0.1, -0.05) is 19.1 Å². The molecule has 0 unspecified atom stereocenters. The molecule has 1 saturated heterocycles. The Hall–Kier alpha value is -2.51. The molecule has 1 aliphatic heterocycles. The number of amides is 1. The monoisotopic (exact) mass is 427 g/mol. The predicted molar refractivity (Wildman–Crippen MR) is 119 cm³/mol. The minimum absolute atomic E-state index is 0.189. The number of anilines is 1. The summed E-state index contributed by atoms with van der Waals surface area (Å²) in [6.45, 7) is 4.92. The first kappa shape index (κ1) is 20.8. The Morgan fingerprint density at radius 1 is 1.30 bits per heavy atom. The maximum atomic E-state index is 14.3. The van der Waals surface area contributed by atoms with Crippen LogP contribution >= 0.6 is 11.3 Å². The van der Waals surface area contributed by atoms with E-state index >= 15 is 0 Å². The van der Waals surface area contributed by atoms with Gasteiger partial charge in [-0.3, -0.25) is 4.79 Å². The Morgan fingerprint density at radius 2 is 2.10 bits per heavy atom. The number of nitrogens with one attached hydrogen (secondary N) is 1. The largest absolute Gasteiger partial charge is 0.380 e. The van der Waals surface area contributed by atoms with Gasteiger partial charge in [-0.25, -0.2) is 9.37 Å². The molecule has 4 rings (SSSR count). The lowest BCUT2D eigenvalue weighted by atomic mass is 9.99. The highest BCUT2D eigenvalue weighted by Gasteiger charge is 2.21. The minimum atomic E-state index is -0.332. The molecule has 0 aliphatic carbocycles. The highest BCUT2D eigenvalue weighted by Crippen LogP contribution is 2.33. The van der Waals surface area contributed by atoms with Crippen LogP contribution in [-0.2, 0) is 17.9 Å². The van der Waals surface area contributed by atoms with Gasteiger partial charge in [0, 0.05) is 48.6 Å². The van der Waals surface area contributed by atoms with Crippen molar-refractivity contribution < 1.29 is 13.9 Å². The van der Waals surface area contributed by atoms with E-state index in [9.17, 15) is 9.18 Å². The zero-order valence-electron chi connectivity index (χ0n) is 17.3. The van der Waals surface area contributed by atoms with Crippen molar-refractivity contribution >= 4 is 33.1 Å². The van der Waals surface area contributed by atoms with Gasteiger partial charge >= 0.3 is 0 Å². The van der Waals surface area contributed by atoms with Crippen LogP contribution in [-0.4, -0.2) is 31.1 Å². The van der Waals surface area contributed by atoms with E-state index in [2.05, 4.69) is 22.1 Å². The van der Waals surface area contributed by atoms with Gasteiger partial charge in [0.25, 0.3) is 5.91 Å². The van der Waals surface area contributed by atoms with Crippen LogP contribution < -0.4 is 10.2 Å². The van der Waals surface area contributed by atoms with E-state index in [1.165, 1.54) is 30.2 Å². The van der Waals surface area contributed by atoms with Gasteiger partial charge in [-0.2, -0.15) is 0 Å². The van der Waals surface area contributed by atoms with E-state index in [4.69, 9.17) is 4.74 Å². The molecule has 158 valence electrons. The number of carbonyl (C=O) groups excluding carboxylic acids is 1. The third-order valence-electron chi connectivity index (χ3n) is 5.63. The lowest BCUT2D eigenvalue weighted by Gasteiger charge is -2.31. The molecule has 1 aliphatic rings. The zero-order chi connectivity index (χ0) is 21.1. The van der Waals surface area contributed by atoms with E-state index in [1.807, 2.05) is 24.4 Å². The minimum Gasteiger partial charge on any atom is -0.380 e. The van der Waals surface area contributed by atoms with Crippen molar-refractivity contribution in [2.75, 3.05) is 25.1 Å². The van der Waals surface area contributed by atoms with Crippen molar-refractivity contribution in [3.05, 3.63) is 58.3 Å². The van der Waals surface area contributed by atoms with Crippen LogP contribution in [0, 0.1) is 11.7 Å². The van der Waals surface area contributed by atoms with E-state index in [0.717, 1.165) is 35.1 Å². The number of halogens is 1. The molecule has 0 radical (unpaired) electrons. The Morgan fingerprint density at radius 3 is 2.80 bits per heavy atom. The molecule has 1 fully saturated rings. The maximum absolute atomic E-state index is 14.3. The molecule has 1 aromatic carbocycles. The molecule has 0 atom stereocenters. The quantitative estimate of drug-likeness (QED) is 0.617. The summed E-state index contributed by atoms with van der Waals surface area (Å²) in [7, 11) is 1.54. The topological polar surface area (TPSA) is 54.5 Å². The summed E-state index contributed by atoms with van der Waals surface area (Å²) in [5.41, 5.74) is 1.53. The summed E-state index contributed by atoms with van der Waals surface area (Å²) >= 11 is 1.29. The highest BCUT2D eigenvalue weighted by molar-refractivity contribution is 7.21. The van der Waals surface area contributed by atoms with Crippen molar-refractivity contribution in [1.29, 1.82) is 0 Å². The summed E-state index contributed by atoms with van der Waals surface area (Å²) in [6.07, 6.45) is 4.20. The first-order chi connectivity index (χ1) is 14.6. The third-order valence-corrected chi connectivity index (χ3v) is 6.82. The molecule has 2 aromatic heterocycles. The summed E-state index contributed by atoms with van der Waals surface area (Å²) in [5, 5.41) is 3.41. The normalized spacial score (nSPS) is 15.0. The SMILES string of the molecule is COCc1c(C(=O)NCc2ccc(N3CCC(C)CC3)nc2)sc2cccc(F)c12. The molecule has 7 heteroatoms. The number of carbonyl (C=O) groups is 1. The number of rotatable bonds is 6. The fraction of sp³-hybridized carbons (Fsp3) is 0.391. The fourth-order valence-corrected chi connectivity index (χ4v) is 4.98. The van der Waals surface area contributed by atoms with Gasteiger partial charge < -0.3 is 15.0 Å². The number of pyridine rings is 1. The smallest absolute Gasteiger partial charge is 0.262 e. The number of nitrogens with zero attached hydrogens (tertiary/aromatic N) is 2. The summed E-state index contributed by atoms with van der Waals surface area (Å²) in [6, 6.07) is 8.90. The molecular formula is C23H26FN3O2S. The molecule has 3 aromatic rings. The van der Waals surface area contributed by atoms with Crippen molar-refractivity contribution in [3.63, 3.8) is 0 Å². The second-order valence-electron chi connectivity index (χ2n) is 7.83. The number of benzene rings is 1.